The maximum absolute atomic E-state index is 14.1. The van der Waals surface area contributed by atoms with E-state index < -0.39 is 57.9 Å². The molecule has 3 aliphatic rings. The molecule has 0 unspecified atom stereocenters. The first-order chi connectivity index (χ1) is 21.7. The highest BCUT2D eigenvalue weighted by Crippen LogP contribution is 2.53. The second-order valence-corrected chi connectivity index (χ2v) is 13.0. The van der Waals surface area contributed by atoms with Crippen LogP contribution >= 0.6 is 0 Å². The molecule has 0 spiro atoms. The summed E-state index contributed by atoms with van der Waals surface area (Å²) in [6.45, 7) is 2.54. The molecule has 0 aliphatic heterocycles. The Kier molecular flexibility index (Phi) is 8.96. The summed E-state index contributed by atoms with van der Waals surface area (Å²) in [7, 11) is 7.24. The van der Waals surface area contributed by atoms with Crippen LogP contribution in [0.15, 0.2) is 59.1 Å². The molecule has 0 bridgehead atoms. The predicted molar refractivity (Wildman–Crippen MR) is 171 cm³/mol. The van der Waals surface area contributed by atoms with E-state index >= 15 is 0 Å². The average Bonchev–Trinajstić information content (AvgIpc) is 2.98. The topological polar surface area (TPSA) is 168 Å². The van der Waals surface area contributed by atoms with Crippen molar-refractivity contribution in [2.24, 2.45) is 11.8 Å². The number of nitrogens with one attached hydrogen (secondary N) is 1. The Labute approximate surface area is 267 Å². The Morgan fingerprint density at radius 2 is 1.74 bits per heavy atom. The van der Waals surface area contributed by atoms with E-state index in [1.54, 1.807) is 49.3 Å². The molecule has 0 saturated carbocycles. The van der Waals surface area contributed by atoms with Gasteiger partial charge in [-0.15, -0.1) is 0 Å². The summed E-state index contributed by atoms with van der Waals surface area (Å²) in [6, 6.07) is 9.02. The Bertz CT molecular complexity index is 1690. The van der Waals surface area contributed by atoms with Gasteiger partial charge in [-0.2, -0.15) is 0 Å². The first kappa shape index (κ1) is 33.1. The third kappa shape index (κ3) is 5.42. The minimum Gasteiger partial charge on any atom is -0.510 e. The lowest BCUT2D eigenvalue weighted by Gasteiger charge is -2.50. The number of carbonyl (C=O) groups is 4. The van der Waals surface area contributed by atoms with E-state index in [4.69, 9.17) is 0 Å². The number of aromatic hydroxyl groups is 1. The van der Waals surface area contributed by atoms with E-state index in [-0.39, 0.29) is 35.6 Å². The summed E-state index contributed by atoms with van der Waals surface area (Å²) in [6.07, 6.45) is 1.97. The number of hydrogen-bond acceptors (Lipinski definition) is 10. The number of carbonyl (C=O) groups excluding carboxylic acids is 4. The van der Waals surface area contributed by atoms with Crippen LogP contribution in [0.4, 0.5) is 0 Å². The highest BCUT2D eigenvalue weighted by atomic mass is 16.3. The number of rotatable bonds is 9. The molecular formula is C35H41N3O8. The Morgan fingerprint density at radius 3 is 2.39 bits per heavy atom. The van der Waals surface area contributed by atoms with E-state index in [1.807, 2.05) is 14.1 Å². The molecule has 1 amide bonds. The minimum atomic E-state index is -2.62. The quantitative estimate of drug-likeness (QED) is 0.205. The largest absolute Gasteiger partial charge is 0.510 e. The number of aliphatic hydroxyl groups is 3. The molecule has 0 fully saturated rings. The third-order valence-electron chi connectivity index (χ3n) is 9.47. The van der Waals surface area contributed by atoms with Gasteiger partial charge in [-0.1, -0.05) is 18.2 Å². The van der Waals surface area contributed by atoms with Gasteiger partial charge < -0.3 is 30.6 Å². The zero-order valence-electron chi connectivity index (χ0n) is 26.8. The van der Waals surface area contributed by atoms with Crippen molar-refractivity contribution in [1.29, 1.82) is 0 Å². The van der Waals surface area contributed by atoms with Crippen LogP contribution in [0, 0.1) is 11.8 Å². The Hall–Kier alpha value is -4.32. The Balaban J connectivity index is 1.53. The summed E-state index contributed by atoms with van der Waals surface area (Å²) >= 11 is 0. The monoisotopic (exact) mass is 631 g/mol. The van der Waals surface area contributed by atoms with Crippen LogP contribution in [0.3, 0.4) is 0 Å². The second kappa shape index (κ2) is 12.5. The molecule has 0 radical (unpaired) electrons. The lowest BCUT2D eigenvalue weighted by atomic mass is 9.58. The molecule has 2 aromatic carbocycles. The standard InChI is InChI=1S/C35H41N3O8/c1-18(39)26-31(42)29(38(4)5)24-17-21-16-23-22(19-9-8-10-20(15-19)34(45)36-13-6-7-14-37(2)3)11-12-25(40)28(23)30(41)27(21)33(44)35(24,46)32(26)43/h8-12,15,21,24,29,40,42,44,46H,6-7,13-14,16-17H2,1-5H3,(H,36,45)/t21-,24-,29-,35+/m0/s1. The number of phenolic OH excluding ortho intramolecular Hbond substituents is 1. The van der Waals surface area contributed by atoms with Gasteiger partial charge in [-0.05, 0) is 108 Å². The number of benzene rings is 2. The summed E-state index contributed by atoms with van der Waals surface area (Å²) in [5.74, 6) is -6.33. The SMILES string of the molecule is CC(=O)C1=C(O)[C@@H](N(C)C)[C@@H]2C[C@@H]3Cc4c(-c5cccc(C(=O)NCCCCN(C)C)c5)ccc(O)c4C(=O)C3=C(O)[C@]2(O)C1=O. The third-order valence-corrected chi connectivity index (χ3v) is 9.47. The fourth-order valence-corrected chi connectivity index (χ4v) is 7.31. The van der Waals surface area contributed by atoms with Crippen LogP contribution in [-0.2, 0) is 16.0 Å². The molecular weight excluding hydrogens is 590 g/mol. The van der Waals surface area contributed by atoms with Gasteiger partial charge in [0.05, 0.1) is 11.6 Å². The summed E-state index contributed by atoms with van der Waals surface area (Å²) in [4.78, 5) is 56.7. The molecule has 46 heavy (non-hydrogen) atoms. The van der Waals surface area contributed by atoms with Gasteiger partial charge in [-0.25, -0.2) is 0 Å². The molecule has 5 N–H and O–H groups in total. The zero-order chi connectivity index (χ0) is 33.7. The number of fused-ring (bicyclic) bond motifs is 3. The average molecular weight is 632 g/mol. The lowest BCUT2D eigenvalue weighted by Crippen LogP contribution is -2.63. The first-order valence-corrected chi connectivity index (χ1v) is 15.4. The van der Waals surface area contributed by atoms with Gasteiger partial charge in [-0.3, -0.25) is 24.1 Å². The van der Waals surface area contributed by atoms with Crippen molar-refractivity contribution >= 4 is 23.3 Å². The van der Waals surface area contributed by atoms with Crippen LogP contribution in [0.5, 0.6) is 5.75 Å². The number of nitrogens with zero attached hydrogens (tertiary/aromatic N) is 2. The molecule has 5 rings (SSSR count). The fourth-order valence-electron chi connectivity index (χ4n) is 7.31. The van der Waals surface area contributed by atoms with Crippen LogP contribution in [-0.4, -0.2) is 106 Å². The normalized spacial score (nSPS) is 24.2. The van der Waals surface area contributed by atoms with Gasteiger partial charge in [0.15, 0.2) is 17.2 Å². The molecule has 11 heteroatoms. The van der Waals surface area contributed by atoms with E-state index in [0.29, 0.717) is 28.8 Å². The fraction of sp³-hybridized carbons (Fsp3) is 0.429. The zero-order valence-corrected chi connectivity index (χ0v) is 26.8. The molecule has 11 nitrogen and oxygen atoms in total. The molecule has 0 aromatic heterocycles. The highest BCUT2D eigenvalue weighted by Gasteiger charge is 2.63. The predicted octanol–water partition coefficient (Wildman–Crippen LogP) is 2.96. The van der Waals surface area contributed by atoms with Crippen molar-refractivity contribution in [3.63, 3.8) is 0 Å². The Morgan fingerprint density at radius 1 is 1.02 bits per heavy atom. The van der Waals surface area contributed by atoms with Crippen LogP contribution in [0.2, 0.25) is 0 Å². The smallest absolute Gasteiger partial charge is 0.251 e. The number of unbranched alkanes of at least 4 members (excludes halogenated alkanes) is 1. The molecule has 0 saturated heterocycles. The van der Waals surface area contributed by atoms with Crippen molar-refractivity contribution in [2.75, 3.05) is 41.3 Å². The van der Waals surface area contributed by atoms with E-state index in [1.165, 1.54) is 6.07 Å². The molecule has 244 valence electrons. The first-order valence-electron chi connectivity index (χ1n) is 15.4. The van der Waals surface area contributed by atoms with Crippen molar-refractivity contribution < 1.29 is 39.6 Å². The van der Waals surface area contributed by atoms with Crippen molar-refractivity contribution in [2.45, 2.75) is 44.2 Å². The highest BCUT2D eigenvalue weighted by molar-refractivity contribution is 6.25. The molecule has 0 heterocycles. The minimum absolute atomic E-state index is 0.0241. The lowest BCUT2D eigenvalue weighted by molar-refractivity contribution is -0.148. The van der Waals surface area contributed by atoms with Gasteiger partial charge in [0, 0.05) is 23.6 Å². The number of aliphatic hydroxyl groups excluding tert-OH is 2. The number of likely N-dealkylation sites (N-methyl/N-ethyl adjacent to an activating group) is 1. The van der Waals surface area contributed by atoms with E-state index in [2.05, 4.69) is 10.2 Å². The summed E-state index contributed by atoms with van der Waals surface area (Å²) in [5.41, 5.74) is -1.29. The van der Waals surface area contributed by atoms with Crippen LogP contribution < -0.4 is 5.32 Å². The number of Topliss-reactive ketones (excluding diaryl/α,β-unsaturated/α-hetero) is 3. The van der Waals surface area contributed by atoms with Crippen LogP contribution in [0.25, 0.3) is 11.1 Å². The number of hydrogen-bond donors (Lipinski definition) is 5. The maximum Gasteiger partial charge on any atom is 0.251 e. The van der Waals surface area contributed by atoms with Crippen molar-refractivity contribution in [3.8, 4) is 16.9 Å². The molecule has 3 aliphatic carbocycles. The van der Waals surface area contributed by atoms with Gasteiger partial charge in [0.2, 0.25) is 5.78 Å². The number of ketones is 3. The molecule has 4 atom stereocenters. The van der Waals surface area contributed by atoms with Gasteiger partial charge in [0.1, 0.15) is 22.8 Å². The maximum atomic E-state index is 14.1. The molecule has 2 aromatic rings. The van der Waals surface area contributed by atoms with Crippen molar-refractivity contribution in [1.82, 2.24) is 15.1 Å². The van der Waals surface area contributed by atoms with Crippen molar-refractivity contribution in [3.05, 3.63) is 75.8 Å². The van der Waals surface area contributed by atoms with Crippen LogP contribution in [0.1, 0.15) is 52.5 Å². The number of phenols is 1. The van der Waals surface area contributed by atoms with Gasteiger partial charge >= 0.3 is 0 Å². The van der Waals surface area contributed by atoms with E-state index in [0.717, 1.165) is 26.3 Å². The summed E-state index contributed by atoms with van der Waals surface area (Å²) in [5, 5.41) is 48.3. The number of amides is 1. The number of allylic oxidation sites excluding steroid dienone is 1. The summed E-state index contributed by atoms with van der Waals surface area (Å²) < 4.78 is 0. The van der Waals surface area contributed by atoms with E-state index in [9.17, 15) is 39.6 Å². The van der Waals surface area contributed by atoms with Gasteiger partial charge in [0.25, 0.3) is 5.91 Å². The second-order valence-electron chi connectivity index (χ2n) is 13.0.